The predicted octanol–water partition coefficient (Wildman–Crippen LogP) is 7.28. The number of halogens is 4. The molecule has 0 saturated carbocycles. The van der Waals surface area contributed by atoms with E-state index in [0.717, 1.165) is 5.56 Å². The maximum Gasteiger partial charge on any atom is 0.404 e. The molecule has 2 fully saturated rings. The number of anilines is 1. The van der Waals surface area contributed by atoms with E-state index in [-0.39, 0.29) is 48.7 Å². The van der Waals surface area contributed by atoms with Crippen molar-refractivity contribution in [2.75, 3.05) is 25.0 Å². The van der Waals surface area contributed by atoms with Gasteiger partial charge < -0.3 is 10.2 Å². The number of hydrogen-bond donors (Lipinski definition) is 1. The number of carbonyl (C=O) groups is 2. The number of nitrogens with one attached hydrogen (secondary N) is 1. The molecular formula is C35H43F4N5O2. The Morgan fingerprint density at radius 1 is 1.00 bits per heavy atom. The molecule has 3 atom stereocenters. The molecule has 2 aliphatic rings. The molecule has 3 aromatic rings. The summed E-state index contributed by atoms with van der Waals surface area (Å²) in [6.45, 7) is 9.17. The molecule has 2 amide bonds. The number of likely N-dealkylation sites (tertiary alicyclic amines) is 2. The number of carbonyl (C=O) groups excluding carboxylic acids is 2. The normalized spacial score (nSPS) is 21.0. The van der Waals surface area contributed by atoms with Crippen molar-refractivity contribution in [3.63, 3.8) is 0 Å². The molecule has 1 unspecified atom stereocenters. The third-order valence-corrected chi connectivity index (χ3v) is 9.27. The van der Waals surface area contributed by atoms with Crippen molar-refractivity contribution < 1.29 is 27.2 Å². The lowest BCUT2D eigenvalue weighted by molar-refractivity contribution is -0.176. The van der Waals surface area contributed by atoms with Gasteiger partial charge in [-0.3, -0.25) is 19.2 Å². The quantitative estimate of drug-likeness (QED) is 0.263. The number of rotatable bonds is 8. The summed E-state index contributed by atoms with van der Waals surface area (Å²) in [7, 11) is 0. The van der Waals surface area contributed by atoms with Gasteiger partial charge in [-0.05, 0) is 79.8 Å². The molecule has 46 heavy (non-hydrogen) atoms. The molecule has 0 bridgehead atoms. The Morgan fingerprint density at radius 2 is 1.74 bits per heavy atom. The van der Waals surface area contributed by atoms with Crippen LogP contribution in [0.4, 0.5) is 23.2 Å². The summed E-state index contributed by atoms with van der Waals surface area (Å²) in [6, 6.07) is 10.2. The molecule has 2 aromatic carbocycles. The number of benzene rings is 2. The first kappa shape index (κ1) is 33.6. The highest BCUT2D eigenvalue weighted by Crippen LogP contribution is 2.40. The Balaban J connectivity index is 1.39. The fraction of sp³-hybridized carbons (Fsp3) is 0.514. The topological polar surface area (TPSA) is 70.5 Å². The molecule has 0 radical (unpaired) electrons. The number of amides is 2. The van der Waals surface area contributed by atoms with Crippen LogP contribution in [0.25, 0.3) is 0 Å². The van der Waals surface area contributed by atoms with Crippen LogP contribution < -0.4 is 5.32 Å². The highest BCUT2D eigenvalue weighted by molar-refractivity contribution is 5.96. The monoisotopic (exact) mass is 641 g/mol. The minimum absolute atomic E-state index is 0.00351. The minimum atomic E-state index is -4.28. The van der Waals surface area contributed by atoms with E-state index in [9.17, 15) is 22.8 Å². The van der Waals surface area contributed by atoms with Gasteiger partial charge in [-0.15, -0.1) is 0 Å². The first-order valence-corrected chi connectivity index (χ1v) is 16.0. The van der Waals surface area contributed by atoms with E-state index in [4.69, 9.17) is 0 Å². The van der Waals surface area contributed by atoms with Crippen LogP contribution in [-0.4, -0.2) is 63.2 Å². The average Bonchev–Trinajstić information content (AvgIpc) is 3.65. The lowest BCUT2D eigenvalue weighted by Crippen LogP contribution is -2.44. The lowest BCUT2D eigenvalue weighted by Gasteiger charge is -2.41. The molecule has 1 N–H and O–H groups in total. The first-order chi connectivity index (χ1) is 21.7. The SMILES string of the molecule is Cc1cccc(F)c1C(=O)N1CCC[C@H](CC(=O)Nc2cccc(C(C)(C)C)c2)[C@@H]1c1cnn(CCN2CCCC2C(F)(F)F)c1. The maximum atomic E-state index is 15.0. The Labute approximate surface area is 267 Å². The molecule has 11 heteroatoms. The van der Waals surface area contributed by atoms with Crippen LogP contribution in [0, 0.1) is 18.7 Å². The van der Waals surface area contributed by atoms with Gasteiger partial charge in [0.2, 0.25) is 5.91 Å². The van der Waals surface area contributed by atoms with Crippen LogP contribution >= 0.6 is 0 Å². The van der Waals surface area contributed by atoms with Gasteiger partial charge in [-0.1, -0.05) is 45.0 Å². The van der Waals surface area contributed by atoms with Crippen LogP contribution in [0.3, 0.4) is 0 Å². The molecule has 2 saturated heterocycles. The summed E-state index contributed by atoms with van der Waals surface area (Å²) in [5, 5.41) is 7.47. The van der Waals surface area contributed by atoms with E-state index in [1.54, 1.807) is 41.0 Å². The van der Waals surface area contributed by atoms with Gasteiger partial charge in [0, 0.05) is 37.0 Å². The number of piperidine rings is 1. The van der Waals surface area contributed by atoms with E-state index < -0.39 is 30.0 Å². The number of aromatic nitrogens is 2. The van der Waals surface area contributed by atoms with E-state index in [2.05, 4.69) is 31.2 Å². The number of alkyl halides is 3. The summed E-state index contributed by atoms with van der Waals surface area (Å²) in [5.74, 6) is -1.55. The van der Waals surface area contributed by atoms with E-state index >= 15 is 4.39 Å². The van der Waals surface area contributed by atoms with Crippen molar-refractivity contribution in [3.8, 4) is 0 Å². The molecule has 3 heterocycles. The van der Waals surface area contributed by atoms with Crippen molar-refractivity contribution in [3.05, 3.63) is 82.9 Å². The summed E-state index contributed by atoms with van der Waals surface area (Å²) >= 11 is 0. The fourth-order valence-corrected chi connectivity index (χ4v) is 6.88. The second-order valence-corrected chi connectivity index (χ2v) is 13.6. The highest BCUT2D eigenvalue weighted by Gasteiger charge is 2.45. The van der Waals surface area contributed by atoms with E-state index in [0.29, 0.717) is 49.2 Å². The third-order valence-electron chi connectivity index (χ3n) is 9.27. The molecule has 248 valence electrons. The number of aryl methyl sites for hydroxylation is 1. The van der Waals surface area contributed by atoms with Crippen LogP contribution in [0.2, 0.25) is 0 Å². The minimum Gasteiger partial charge on any atom is -0.331 e. The smallest absolute Gasteiger partial charge is 0.331 e. The van der Waals surface area contributed by atoms with Crippen LogP contribution in [0.1, 0.15) is 86.0 Å². The van der Waals surface area contributed by atoms with E-state index in [1.165, 1.54) is 11.0 Å². The Hall–Kier alpha value is -3.73. The molecule has 2 aliphatic heterocycles. The van der Waals surface area contributed by atoms with Gasteiger partial charge in [-0.25, -0.2) is 4.39 Å². The Morgan fingerprint density at radius 3 is 2.46 bits per heavy atom. The first-order valence-electron chi connectivity index (χ1n) is 16.0. The predicted molar refractivity (Wildman–Crippen MR) is 169 cm³/mol. The van der Waals surface area contributed by atoms with Crippen LogP contribution in [-0.2, 0) is 16.8 Å². The summed E-state index contributed by atoms with van der Waals surface area (Å²) < 4.78 is 57.1. The van der Waals surface area contributed by atoms with Crippen LogP contribution in [0.15, 0.2) is 54.9 Å². The summed E-state index contributed by atoms with van der Waals surface area (Å²) in [6.07, 6.45) is 1.09. The van der Waals surface area contributed by atoms with Crippen molar-refractivity contribution in [1.29, 1.82) is 0 Å². The van der Waals surface area contributed by atoms with Crippen molar-refractivity contribution in [2.24, 2.45) is 5.92 Å². The fourth-order valence-electron chi connectivity index (χ4n) is 6.88. The molecular weight excluding hydrogens is 598 g/mol. The van der Waals surface area contributed by atoms with Crippen molar-refractivity contribution >= 4 is 17.5 Å². The molecule has 7 nitrogen and oxygen atoms in total. The standard InChI is InChI=1S/C35H43F4N5O2/c1-23-9-5-13-28(36)31(23)33(46)44-16-7-10-24(19-30(45)41-27-12-6-11-26(20-27)34(2,3)4)32(44)25-21-40-43(22-25)18-17-42-15-8-14-29(42)35(37,38)39/h5-6,9,11-13,20-22,24,29,32H,7-8,10,14-19H2,1-4H3,(H,41,45)/t24-,29?,32-/m1/s1. The zero-order valence-electron chi connectivity index (χ0n) is 26.9. The molecule has 0 aliphatic carbocycles. The summed E-state index contributed by atoms with van der Waals surface area (Å²) in [5.41, 5.74) is 2.86. The largest absolute Gasteiger partial charge is 0.404 e. The van der Waals surface area contributed by atoms with Gasteiger partial charge in [0.05, 0.1) is 24.3 Å². The molecule has 5 rings (SSSR count). The van der Waals surface area contributed by atoms with Crippen molar-refractivity contribution in [2.45, 2.75) is 90.0 Å². The molecule has 0 spiro atoms. The third kappa shape index (κ3) is 7.62. The Kier molecular flexibility index (Phi) is 9.91. The second-order valence-electron chi connectivity index (χ2n) is 13.6. The highest BCUT2D eigenvalue weighted by atomic mass is 19.4. The van der Waals surface area contributed by atoms with Gasteiger partial charge in [-0.2, -0.15) is 18.3 Å². The van der Waals surface area contributed by atoms with Crippen LogP contribution in [0.5, 0.6) is 0 Å². The molecule has 1 aromatic heterocycles. The zero-order valence-corrected chi connectivity index (χ0v) is 26.9. The summed E-state index contributed by atoms with van der Waals surface area (Å²) in [4.78, 5) is 30.5. The number of hydrogen-bond acceptors (Lipinski definition) is 4. The van der Waals surface area contributed by atoms with Gasteiger partial charge in [0.1, 0.15) is 11.9 Å². The lowest BCUT2D eigenvalue weighted by atomic mass is 9.82. The van der Waals surface area contributed by atoms with Crippen molar-refractivity contribution in [1.82, 2.24) is 19.6 Å². The van der Waals surface area contributed by atoms with E-state index in [1.807, 2.05) is 24.3 Å². The second kappa shape index (κ2) is 13.6. The zero-order chi connectivity index (χ0) is 33.2. The van der Waals surface area contributed by atoms with Gasteiger partial charge >= 0.3 is 6.18 Å². The number of nitrogens with zero attached hydrogens (tertiary/aromatic N) is 4. The van der Waals surface area contributed by atoms with Gasteiger partial charge in [0.15, 0.2) is 0 Å². The van der Waals surface area contributed by atoms with Gasteiger partial charge in [0.25, 0.3) is 5.91 Å². The maximum absolute atomic E-state index is 15.0. The Bertz CT molecular complexity index is 1530. The average molecular weight is 642 g/mol.